The zero-order chi connectivity index (χ0) is 22.5. The summed E-state index contributed by atoms with van der Waals surface area (Å²) in [4.78, 5) is 1.10. The number of para-hydroxylation sites is 1. The van der Waals surface area contributed by atoms with Crippen molar-refractivity contribution in [3.05, 3.63) is 74.1 Å². The van der Waals surface area contributed by atoms with E-state index < -0.39 is 0 Å². The Morgan fingerprint density at radius 1 is 1.12 bits per heavy atom. The van der Waals surface area contributed by atoms with Crippen molar-refractivity contribution < 1.29 is 14.2 Å². The summed E-state index contributed by atoms with van der Waals surface area (Å²) in [6.07, 6.45) is 0. The van der Waals surface area contributed by atoms with Crippen LogP contribution in [0.2, 0.25) is 5.02 Å². The molecule has 32 heavy (non-hydrogen) atoms. The molecule has 2 aromatic heterocycles. The Kier molecular flexibility index (Phi) is 6.99. The molecule has 0 aliphatic carbocycles. The monoisotopic (exact) mass is 488 g/mol. The van der Waals surface area contributed by atoms with E-state index in [2.05, 4.69) is 15.6 Å². The van der Waals surface area contributed by atoms with Crippen molar-refractivity contribution in [1.29, 1.82) is 0 Å². The number of nitrogens with one attached hydrogen (secondary N) is 2. The van der Waals surface area contributed by atoms with E-state index in [4.69, 9.17) is 38.0 Å². The van der Waals surface area contributed by atoms with Crippen LogP contribution in [0.5, 0.6) is 17.2 Å². The van der Waals surface area contributed by atoms with Gasteiger partial charge >= 0.3 is 0 Å². The second kappa shape index (κ2) is 10.1. The van der Waals surface area contributed by atoms with Crippen molar-refractivity contribution in [3.8, 4) is 28.6 Å². The van der Waals surface area contributed by atoms with Gasteiger partial charge in [0.15, 0.2) is 17.3 Å². The molecule has 2 N–H and O–H groups in total. The zero-order valence-corrected chi connectivity index (χ0v) is 19.8. The SMILES string of the molecule is COc1ccccc1-c1n[nH]c(=S)n1NCc1cc(Cl)c(OCc2cccs2)c(OC)c1. The second-order valence-electron chi connectivity index (χ2n) is 6.70. The first-order valence-corrected chi connectivity index (χ1v) is 11.3. The first-order valence-electron chi connectivity index (χ1n) is 9.67. The molecule has 0 saturated heterocycles. The van der Waals surface area contributed by atoms with Gasteiger partial charge in [-0.15, -0.1) is 11.3 Å². The Morgan fingerprint density at radius 3 is 2.69 bits per heavy atom. The lowest BCUT2D eigenvalue weighted by Crippen LogP contribution is -2.16. The summed E-state index contributed by atoms with van der Waals surface area (Å²) >= 11 is 13.6. The molecule has 0 saturated carbocycles. The summed E-state index contributed by atoms with van der Waals surface area (Å²) in [7, 11) is 3.21. The maximum Gasteiger partial charge on any atom is 0.214 e. The van der Waals surface area contributed by atoms with E-state index in [1.165, 1.54) is 0 Å². The summed E-state index contributed by atoms with van der Waals surface area (Å²) in [5, 5.41) is 9.66. The predicted octanol–water partition coefficient (Wildman–Crippen LogP) is 5.66. The van der Waals surface area contributed by atoms with Crippen LogP contribution in [0.4, 0.5) is 0 Å². The number of thiophene rings is 1. The summed E-state index contributed by atoms with van der Waals surface area (Å²) < 4.78 is 19.0. The zero-order valence-electron chi connectivity index (χ0n) is 17.4. The third-order valence-corrected chi connectivity index (χ3v) is 6.09. The molecule has 0 amide bonds. The lowest BCUT2D eigenvalue weighted by Gasteiger charge is -2.15. The van der Waals surface area contributed by atoms with E-state index in [-0.39, 0.29) is 0 Å². The highest BCUT2D eigenvalue weighted by molar-refractivity contribution is 7.71. The summed E-state index contributed by atoms with van der Waals surface area (Å²) in [5.74, 6) is 2.38. The Labute approximate surface area is 199 Å². The summed E-state index contributed by atoms with van der Waals surface area (Å²) in [6.45, 7) is 0.856. The van der Waals surface area contributed by atoms with E-state index in [9.17, 15) is 0 Å². The minimum absolute atomic E-state index is 0.428. The average molecular weight is 489 g/mol. The van der Waals surface area contributed by atoms with E-state index in [1.807, 2.05) is 53.9 Å². The van der Waals surface area contributed by atoms with Crippen molar-refractivity contribution in [2.75, 3.05) is 19.6 Å². The van der Waals surface area contributed by atoms with Crippen molar-refractivity contribution in [2.24, 2.45) is 0 Å². The number of benzene rings is 2. The molecule has 4 aromatic rings. The Bertz CT molecular complexity index is 1250. The van der Waals surface area contributed by atoms with Crippen LogP contribution in [0.25, 0.3) is 11.4 Å². The molecule has 4 rings (SSSR count). The van der Waals surface area contributed by atoms with Gasteiger partial charge in [-0.1, -0.05) is 29.8 Å². The number of H-pyrrole nitrogens is 1. The fourth-order valence-electron chi connectivity index (χ4n) is 3.18. The van der Waals surface area contributed by atoms with Gasteiger partial charge in [0.1, 0.15) is 12.4 Å². The van der Waals surface area contributed by atoms with Gasteiger partial charge in [-0.25, -0.2) is 9.77 Å². The van der Waals surface area contributed by atoms with Crippen molar-refractivity contribution in [2.45, 2.75) is 13.2 Å². The van der Waals surface area contributed by atoms with Gasteiger partial charge in [0.2, 0.25) is 4.77 Å². The molecule has 2 heterocycles. The number of aromatic nitrogens is 3. The molecule has 0 fully saturated rings. The molecular formula is C22H21ClN4O3S2. The normalized spacial score (nSPS) is 10.7. The van der Waals surface area contributed by atoms with Gasteiger partial charge in [-0.3, -0.25) is 0 Å². The third kappa shape index (κ3) is 4.74. The molecule has 0 bridgehead atoms. The van der Waals surface area contributed by atoms with Crippen LogP contribution in [-0.2, 0) is 13.2 Å². The van der Waals surface area contributed by atoms with Crippen LogP contribution in [0.3, 0.4) is 0 Å². The smallest absolute Gasteiger partial charge is 0.214 e. The minimum Gasteiger partial charge on any atom is -0.496 e. The highest BCUT2D eigenvalue weighted by Gasteiger charge is 2.15. The molecule has 0 unspecified atom stereocenters. The molecule has 0 aliphatic heterocycles. The number of hydrogen-bond acceptors (Lipinski definition) is 7. The maximum atomic E-state index is 6.52. The Balaban J connectivity index is 1.55. The Hall–Kier alpha value is -3.01. The molecule has 0 spiro atoms. The van der Waals surface area contributed by atoms with Crippen molar-refractivity contribution in [1.82, 2.24) is 14.9 Å². The number of aromatic amines is 1. The van der Waals surface area contributed by atoms with E-state index in [1.54, 1.807) is 30.2 Å². The largest absolute Gasteiger partial charge is 0.496 e. The highest BCUT2D eigenvalue weighted by Crippen LogP contribution is 2.37. The van der Waals surface area contributed by atoms with Crippen molar-refractivity contribution >= 4 is 35.2 Å². The average Bonchev–Trinajstić information content (AvgIpc) is 3.46. The van der Waals surface area contributed by atoms with Crippen LogP contribution in [0.15, 0.2) is 53.9 Å². The number of methoxy groups -OCH3 is 2. The van der Waals surface area contributed by atoms with Crippen LogP contribution in [-0.4, -0.2) is 29.1 Å². The lowest BCUT2D eigenvalue weighted by atomic mass is 10.2. The van der Waals surface area contributed by atoms with Gasteiger partial charge in [-0.05, 0) is 53.5 Å². The van der Waals surface area contributed by atoms with Gasteiger partial charge in [0.25, 0.3) is 0 Å². The quantitative estimate of drug-likeness (QED) is 0.296. The molecule has 0 radical (unpaired) electrons. The third-order valence-electron chi connectivity index (χ3n) is 4.69. The molecule has 10 heteroatoms. The van der Waals surface area contributed by atoms with Gasteiger partial charge in [-0.2, -0.15) is 5.10 Å². The second-order valence-corrected chi connectivity index (χ2v) is 8.53. The molecule has 7 nitrogen and oxygen atoms in total. The molecule has 166 valence electrons. The maximum absolute atomic E-state index is 6.52. The number of halogens is 1. The van der Waals surface area contributed by atoms with Gasteiger partial charge in [0.05, 0.1) is 31.4 Å². The van der Waals surface area contributed by atoms with Crippen LogP contribution < -0.4 is 19.6 Å². The fraction of sp³-hybridized carbons (Fsp3) is 0.182. The summed E-state index contributed by atoms with van der Waals surface area (Å²) in [6, 6.07) is 15.3. The Morgan fingerprint density at radius 2 is 1.94 bits per heavy atom. The van der Waals surface area contributed by atoms with Gasteiger partial charge < -0.3 is 19.6 Å². The molecular weight excluding hydrogens is 468 g/mol. The number of nitrogens with zero attached hydrogens (tertiary/aromatic N) is 2. The number of rotatable bonds is 9. The lowest BCUT2D eigenvalue weighted by molar-refractivity contribution is 0.287. The van der Waals surface area contributed by atoms with Crippen molar-refractivity contribution in [3.63, 3.8) is 0 Å². The minimum atomic E-state index is 0.428. The first-order chi connectivity index (χ1) is 15.6. The topological polar surface area (TPSA) is 73.3 Å². The van der Waals surface area contributed by atoms with Gasteiger partial charge in [0, 0.05) is 4.88 Å². The summed E-state index contributed by atoms with van der Waals surface area (Å²) in [5.41, 5.74) is 4.99. The predicted molar refractivity (Wildman–Crippen MR) is 129 cm³/mol. The number of ether oxygens (including phenoxy) is 3. The van der Waals surface area contributed by atoms with E-state index in [0.717, 1.165) is 16.0 Å². The van der Waals surface area contributed by atoms with Crippen LogP contribution >= 0.6 is 35.2 Å². The molecule has 0 aliphatic rings. The van der Waals surface area contributed by atoms with Crippen LogP contribution in [0.1, 0.15) is 10.4 Å². The molecule has 2 aromatic carbocycles. The first kappa shape index (κ1) is 22.2. The van der Waals surface area contributed by atoms with E-state index >= 15 is 0 Å². The fourth-order valence-corrected chi connectivity index (χ4v) is 4.28. The number of hydrogen-bond donors (Lipinski definition) is 2. The van der Waals surface area contributed by atoms with E-state index in [0.29, 0.717) is 46.0 Å². The highest BCUT2D eigenvalue weighted by atomic mass is 35.5. The molecule has 0 atom stereocenters. The van der Waals surface area contributed by atoms with Crippen LogP contribution in [0, 0.1) is 4.77 Å². The standard InChI is InChI=1S/C22H21ClN4O3S2/c1-28-18-8-4-3-7-16(18)21-25-26-22(31)27(21)24-12-14-10-17(23)20(19(11-14)29-2)30-13-15-6-5-9-32-15/h3-11,24H,12-13H2,1-2H3,(H,26,31).